The molecule has 0 aliphatic heterocycles. The molecule has 0 saturated heterocycles. The van der Waals surface area contributed by atoms with Crippen molar-refractivity contribution in [1.29, 1.82) is 0 Å². The van der Waals surface area contributed by atoms with E-state index in [0.29, 0.717) is 18.3 Å². The summed E-state index contributed by atoms with van der Waals surface area (Å²) in [6, 6.07) is 8.73. The molecule has 0 radical (unpaired) electrons. The van der Waals surface area contributed by atoms with E-state index in [2.05, 4.69) is 31.2 Å². The predicted molar refractivity (Wildman–Crippen MR) is 137 cm³/mol. The number of hydrogen-bond donors (Lipinski definition) is 1. The van der Waals surface area contributed by atoms with Crippen molar-refractivity contribution in [2.75, 3.05) is 35.5 Å². The highest BCUT2D eigenvalue weighted by Crippen LogP contribution is 2.65. The van der Waals surface area contributed by atoms with Crippen LogP contribution in [0.4, 0.5) is 0 Å². The SMILES string of the molecule is COC(OC)c1ccc([C@H]2C[C@@]3(C)C(CC[C@@H]3OC)C3CC[C@@]4(O)CC(OC)(OC)CCC4=C32)cc1. The van der Waals surface area contributed by atoms with E-state index in [4.69, 9.17) is 23.7 Å². The molecule has 0 bridgehead atoms. The average molecular weight is 501 g/mol. The lowest BCUT2D eigenvalue weighted by Crippen LogP contribution is -2.54. The highest BCUT2D eigenvalue weighted by Gasteiger charge is 2.60. The summed E-state index contributed by atoms with van der Waals surface area (Å²) in [5, 5.41) is 12.1. The summed E-state index contributed by atoms with van der Waals surface area (Å²) in [7, 11) is 8.60. The molecule has 200 valence electrons. The Morgan fingerprint density at radius 1 is 0.917 bits per heavy atom. The van der Waals surface area contributed by atoms with Gasteiger partial charge in [0.05, 0.1) is 11.7 Å². The molecule has 1 aromatic rings. The summed E-state index contributed by atoms with van der Waals surface area (Å²) >= 11 is 0. The second-order valence-electron chi connectivity index (χ2n) is 11.7. The third-order valence-electron chi connectivity index (χ3n) is 10.4. The molecule has 0 amide bonds. The molecule has 0 heterocycles. The summed E-state index contributed by atoms with van der Waals surface area (Å²) in [5.74, 6) is 0.611. The first-order chi connectivity index (χ1) is 17.3. The van der Waals surface area contributed by atoms with Gasteiger partial charge in [0.1, 0.15) is 0 Å². The molecule has 1 aromatic carbocycles. The van der Waals surface area contributed by atoms with Crippen LogP contribution >= 0.6 is 0 Å². The van der Waals surface area contributed by atoms with Gasteiger partial charge in [0.2, 0.25) is 0 Å². The number of ether oxygens (including phenoxy) is 5. The standard InChI is InChI=1S/C30H44O6/c1-28-17-22(19-7-9-20(10-8-19)27(33-3)34-4)26-21(23(28)11-12-25(28)32-2)13-15-29(31)18-30(35-5,36-6)16-14-24(26)29/h7-10,21-23,25,27,31H,11-18H2,1-6H3/t21?,22-,23?,25+,28+,29-/m1/s1. The van der Waals surface area contributed by atoms with Gasteiger partial charge in [0.25, 0.3) is 0 Å². The molecule has 4 aliphatic rings. The molecule has 4 aliphatic carbocycles. The van der Waals surface area contributed by atoms with E-state index in [1.165, 1.54) is 23.1 Å². The summed E-state index contributed by atoms with van der Waals surface area (Å²) in [6.07, 6.45) is 7.11. The molecule has 6 heteroatoms. The number of allylic oxidation sites excluding steroid dienone is 1. The maximum atomic E-state index is 12.1. The first-order valence-corrected chi connectivity index (χ1v) is 13.5. The fraction of sp³-hybridized carbons (Fsp3) is 0.733. The second-order valence-corrected chi connectivity index (χ2v) is 11.7. The zero-order valence-electron chi connectivity index (χ0n) is 22.8. The molecule has 3 saturated carbocycles. The van der Waals surface area contributed by atoms with E-state index >= 15 is 0 Å². The van der Waals surface area contributed by atoms with Gasteiger partial charge in [0, 0.05) is 59.9 Å². The second kappa shape index (κ2) is 9.79. The first-order valence-electron chi connectivity index (χ1n) is 13.5. The Morgan fingerprint density at radius 3 is 2.22 bits per heavy atom. The van der Waals surface area contributed by atoms with E-state index in [1.54, 1.807) is 28.4 Å². The van der Waals surface area contributed by atoms with Crippen molar-refractivity contribution in [2.45, 2.75) is 88.0 Å². The number of fused-ring (bicyclic) bond motifs is 4. The number of hydrogen-bond acceptors (Lipinski definition) is 6. The van der Waals surface area contributed by atoms with Gasteiger partial charge in [0.15, 0.2) is 12.1 Å². The first kappa shape index (κ1) is 26.3. The Morgan fingerprint density at radius 2 is 1.61 bits per heavy atom. The fourth-order valence-electron chi connectivity index (χ4n) is 8.59. The number of methoxy groups -OCH3 is 5. The van der Waals surface area contributed by atoms with Gasteiger partial charge in [-0.05, 0) is 66.9 Å². The lowest BCUT2D eigenvalue weighted by Gasteiger charge is -2.56. The van der Waals surface area contributed by atoms with Crippen LogP contribution in [0.15, 0.2) is 35.4 Å². The molecule has 2 unspecified atom stereocenters. The van der Waals surface area contributed by atoms with Gasteiger partial charge >= 0.3 is 0 Å². The number of benzene rings is 1. The van der Waals surface area contributed by atoms with Crippen LogP contribution < -0.4 is 0 Å². The highest BCUT2D eigenvalue weighted by molar-refractivity contribution is 5.44. The van der Waals surface area contributed by atoms with Crippen molar-refractivity contribution >= 4 is 0 Å². The Kier molecular flexibility index (Phi) is 7.16. The maximum Gasteiger partial charge on any atom is 0.183 e. The molecule has 6 nitrogen and oxygen atoms in total. The van der Waals surface area contributed by atoms with Crippen molar-refractivity contribution in [2.24, 2.45) is 17.3 Å². The van der Waals surface area contributed by atoms with E-state index < -0.39 is 11.4 Å². The van der Waals surface area contributed by atoms with Crippen molar-refractivity contribution in [3.05, 3.63) is 46.5 Å². The Labute approximate surface area is 216 Å². The fourth-order valence-corrected chi connectivity index (χ4v) is 8.59. The maximum absolute atomic E-state index is 12.1. The van der Waals surface area contributed by atoms with Crippen LogP contribution in [-0.2, 0) is 23.7 Å². The molecule has 5 rings (SSSR count). The van der Waals surface area contributed by atoms with E-state index in [0.717, 1.165) is 44.1 Å². The quantitative estimate of drug-likeness (QED) is 0.394. The van der Waals surface area contributed by atoms with Gasteiger partial charge in [-0.15, -0.1) is 0 Å². The van der Waals surface area contributed by atoms with Crippen molar-refractivity contribution < 1.29 is 28.8 Å². The van der Waals surface area contributed by atoms with Gasteiger partial charge in [-0.1, -0.05) is 36.8 Å². The molecule has 36 heavy (non-hydrogen) atoms. The lowest BCUT2D eigenvalue weighted by atomic mass is 9.51. The van der Waals surface area contributed by atoms with Crippen LogP contribution in [0.3, 0.4) is 0 Å². The molecular weight excluding hydrogens is 456 g/mol. The van der Waals surface area contributed by atoms with Crippen LogP contribution in [0.5, 0.6) is 0 Å². The van der Waals surface area contributed by atoms with Gasteiger partial charge in [-0.3, -0.25) is 0 Å². The Hall–Kier alpha value is -1.28. The largest absolute Gasteiger partial charge is 0.385 e. The molecule has 3 fully saturated rings. The minimum absolute atomic E-state index is 0.126. The summed E-state index contributed by atoms with van der Waals surface area (Å²) < 4.78 is 28.7. The average Bonchev–Trinajstić information content (AvgIpc) is 3.24. The Bertz CT molecular complexity index is 964. The smallest absolute Gasteiger partial charge is 0.183 e. The molecule has 0 aromatic heterocycles. The minimum atomic E-state index is -0.876. The number of rotatable bonds is 7. The summed E-state index contributed by atoms with van der Waals surface area (Å²) in [5.41, 5.74) is 4.31. The molecule has 1 N–H and O–H groups in total. The molecule has 0 spiro atoms. The van der Waals surface area contributed by atoms with Gasteiger partial charge in [-0.2, -0.15) is 0 Å². The predicted octanol–water partition coefficient (Wildman–Crippen LogP) is 5.51. The zero-order chi connectivity index (χ0) is 25.7. The van der Waals surface area contributed by atoms with E-state index in [9.17, 15) is 5.11 Å². The lowest BCUT2D eigenvalue weighted by molar-refractivity contribution is -0.246. The van der Waals surface area contributed by atoms with Crippen molar-refractivity contribution in [1.82, 2.24) is 0 Å². The summed E-state index contributed by atoms with van der Waals surface area (Å²) in [4.78, 5) is 0. The van der Waals surface area contributed by atoms with E-state index in [-0.39, 0.29) is 23.7 Å². The monoisotopic (exact) mass is 500 g/mol. The van der Waals surface area contributed by atoms with E-state index in [1.807, 2.05) is 7.11 Å². The third-order valence-corrected chi connectivity index (χ3v) is 10.4. The van der Waals surface area contributed by atoms with Gasteiger partial charge in [-0.25, -0.2) is 0 Å². The van der Waals surface area contributed by atoms with Crippen molar-refractivity contribution in [3.63, 3.8) is 0 Å². The summed E-state index contributed by atoms with van der Waals surface area (Å²) in [6.45, 7) is 2.45. The molecule has 6 atom stereocenters. The van der Waals surface area contributed by atoms with Crippen LogP contribution in [0.2, 0.25) is 0 Å². The van der Waals surface area contributed by atoms with Gasteiger partial charge < -0.3 is 28.8 Å². The topological polar surface area (TPSA) is 66.4 Å². The number of aliphatic hydroxyl groups is 1. The van der Waals surface area contributed by atoms with Crippen LogP contribution in [-0.4, -0.2) is 58.1 Å². The highest BCUT2D eigenvalue weighted by atomic mass is 16.7. The minimum Gasteiger partial charge on any atom is -0.385 e. The van der Waals surface area contributed by atoms with Crippen LogP contribution in [0, 0.1) is 17.3 Å². The van der Waals surface area contributed by atoms with Crippen LogP contribution in [0.25, 0.3) is 0 Å². The molecular formula is C30H44O6. The normalized spacial score (nSPS) is 37.6. The zero-order valence-corrected chi connectivity index (χ0v) is 22.8. The third kappa shape index (κ3) is 4.00. The van der Waals surface area contributed by atoms with Crippen LogP contribution in [0.1, 0.15) is 81.6 Å². The van der Waals surface area contributed by atoms with Crippen molar-refractivity contribution in [3.8, 4) is 0 Å². The Balaban J connectivity index is 1.60.